The van der Waals surface area contributed by atoms with Crippen LogP contribution in [0, 0.1) is 0 Å². The monoisotopic (exact) mass is 286 g/mol. The van der Waals surface area contributed by atoms with Crippen molar-refractivity contribution in [2.75, 3.05) is 6.26 Å². The highest BCUT2D eigenvalue weighted by Gasteiger charge is 2.33. The number of fused-ring (bicyclic) bond motifs is 2. The van der Waals surface area contributed by atoms with Gasteiger partial charge in [0.05, 0.1) is 10.5 Å². The summed E-state index contributed by atoms with van der Waals surface area (Å²) in [7, 11) is -3.58. The van der Waals surface area contributed by atoms with Gasteiger partial charge in [0, 0.05) is 22.9 Å². The smallest absolute Gasteiger partial charge is 0.195 e. The molecule has 0 aliphatic heterocycles. The normalized spacial score (nSPS) is 13.8. The third-order valence-corrected chi connectivity index (χ3v) is 4.45. The second kappa shape index (κ2) is 4.11. The van der Waals surface area contributed by atoms with Crippen LogP contribution in [0.1, 0.15) is 31.8 Å². The molecule has 0 amide bonds. The molecule has 0 spiro atoms. The lowest BCUT2D eigenvalue weighted by Gasteiger charge is -2.19. The number of hydrogen-bond acceptors (Lipinski definition) is 4. The molecule has 0 atom stereocenters. The minimum atomic E-state index is -3.58. The number of ketones is 2. The first-order chi connectivity index (χ1) is 9.41. The average molecular weight is 286 g/mol. The Labute approximate surface area is 116 Å². The Morgan fingerprint density at radius 1 is 0.750 bits per heavy atom. The summed E-state index contributed by atoms with van der Waals surface area (Å²) in [4.78, 5) is 24.8. The summed E-state index contributed by atoms with van der Waals surface area (Å²) in [6, 6.07) is 10.8. The van der Waals surface area contributed by atoms with Crippen molar-refractivity contribution in [2.24, 2.45) is 0 Å². The van der Waals surface area contributed by atoms with E-state index in [1.54, 1.807) is 18.2 Å². The fourth-order valence-electron chi connectivity index (χ4n) is 2.42. The summed E-state index contributed by atoms with van der Waals surface area (Å²) in [5, 5.41) is 0. The lowest BCUT2D eigenvalue weighted by atomic mass is 9.84. The summed E-state index contributed by atoms with van der Waals surface area (Å²) >= 11 is 0. The Kier molecular flexibility index (Phi) is 2.62. The zero-order valence-corrected chi connectivity index (χ0v) is 11.4. The predicted octanol–water partition coefficient (Wildman–Crippen LogP) is 1.87. The van der Waals surface area contributed by atoms with Crippen molar-refractivity contribution in [1.29, 1.82) is 0 Å². The molecule has 0 radical (unpaired) electrons. The van der Waals surface area contributed by atoms with Crippen LogP contribution in [0.5, 0.6) is 0 Å². The van der Waals surface area contributed by atoms with Crippen LogP contribution < -0.4 is 0 Å². The fraction of sp³-hybridized carbons (Fsp3) is 0.0667. The molecule has 0 N–H and O–H groups in total. The molecule has 4 nitrogen and oxygen atoms in total. The van der Waals surface area contributed by atoms with E-state index in [0.717, 1.165) is 6.26 Å². The topological polar surface area (TPSA) is 68.3 Å². The Morgan fingerprint density at radius 2 is 1.30 bits per heavy atom. The molecular formula is C15H10O4S. The Bertz CT molecular complexity index is 863. The molecule has 1 aliphatic rings. The van der Waals surface area contributed by atoms with Crippen LogP contribution in [-0.4, -0.2) is 26.2 Å². The lowest BCUT2D eigenvalue weighted by Crippen LogP contribution is -2.23. The summed E-state index contributed by atoms with van der Waals surface area (Å²) in [6.45, 7) is 0. The van der Waals surface area contributed by atoms with Gasteiger partial charge in [-0.15, -0.1) is 0 Å². The first kappa shape index (κ1) is 12.7. The maximum atomic E-state index is 12.5. The van der Waals surface area contributed by atoms with Crippen LogP contribution in [0.25, 0.3) is 0 Å². The third kappa shape index (κ3) is 1.71. The maximum Gasteiger partial charge on any atom is 0.195 e. The minimum absolute atomic E-state index is 0.0151. The number of hydrogen-bond donors (Lipinski definition) is 0. The van der Waals surface area contributed by atoms with Gasteiger partial charge in [0.15, 0.2) is 21.4 Å². The van der Waals surface area contributed by atoms with Crippen LogP contribution in [0.3, 0.4) is 0 Å². The number of carbonyl (C=O) groups excluding carboxylic acids is 2. The van der Waals surface area contributed by atoms with Gasteiger partial charge in [-0.25, -0.2) is 8.42 Å². The molecule has 0 heterocycles. The van der Waals surface area contributed by atoms with Crippen molar-refractivity contribution in [2.45, 2.75) is 4.90 Å². The molecule has 100 valence electrons. The second-order valence-electron chi connectivity index (χ2n) is 4.65. The highest BCUT2D eigenvalue weighted by Crippen LogP contribution is 2.31. The molecule has 0 bridgehead atoms. The van der Waals surface area contributed by atoms with E-state index in [1.165, 1.54) is 24.3 Å². The number of carbonyl (C=O) groups is 2. The molecule has 20 heavy (non-hydrogen) atoms. The van der Waals surface area contributed by atoms with Crippen LogP contribution in [0.2, 0.25) is 0 Å². The van der Waals surface area contributed by atoms with Crippen LogP contribution in [-0.2, 0) is 9.84 Å². The molecule has 0 unspecified atom stereocenters. The molecule has 0 saturated heterocycles. The molecule has 3 rings (SSSR count). The van der Waals surface area contributed by atoms with Gasteiger partial charge in [-0.3, -0.25) is 9.59 Å². The van der Waals surface area contributed by atoms with Gasteiger partial charge in [-0.1, -0.05) is 36.4 Å². The van der Waals surface area contributed by atoms with E-state index in [9.17, 15) is 18.0 Å². The molecule has 2 aromatic rings. The summed E-state index contributed by atoms with van der Waals surface area (Å²) in [6.07, 6.45) is 1.03. The number of sulfone groups is 1. The highest BCUT2D eigenvalue weighted by molar-refractivity contribution is 7.90. The standard InChI is InChI=1S/C15H10O4S/c1-20(18,19)12-8-4-7-11-13(12)15(17)10-6-3-2-5-9(10)14(11)16/h2-8H,1H3. The van der Waals surface area contributed by atoms with Gasteiger partial charge in [0.1, 0.15) is 0 Å². The maximum absolute atomic E-state index is 12.5. The van der Waals surface area contributed by atoms with Crippen LogP contribution in [0.15, 0.2) is 47.4 Å². The summed E-state index contributed by atoms with van der Waals surface area (Å²) < 4.78 is 23.6. The molecule has 2 aromatic carbocycles. The zero-order chi connectivity index (χ0) is 14.5. The van der Waals surface area contributed by atoms with Crippen molar-refractivity contribution in [1.82, 2.24) is 0 Å². The molecule has 0 saturated carbocycles. The molecule has 0 aromatic heterocycles. The quantitative estimate of drug-likeness (QED) is 0.685. The Balaban J connectivity index is 2.40. The molecule has 0 fully saturated rings. The van der Waals surface area contributed by atoms with Crippen molar-refractivity contribution >= 4 is 21.4 Å². The third-order valence-electron chi connectivity index (χ3n) is 3.31. The van der Waals surface area contributed by atoms with Crippen molar-refractivity contribution in [3.05, 3.63) is 64.7 Å². The van der Waals surface area contributed by atoms with Crippen molar-refractivity contribution in [3.63, 3.8) is 0 Å². The highest BCUT2D eigenvalue weighted by atomic mass is 32.2. The van der Waals surface area contributed by atoms with E-state index in [0.29, 0.717) is 5.56 Å². The number of rotatable bonds is 1. The Hall–Kier alpha value is -2.27. The first-order valence-electron chi connectivity index (χ1n) is 5.93. The van der Waals surface area contributed by atoms with Gasteiger partial charge in [0.25, 0.3) is 0 Å². The van der Waals surface area contributed by atoms with E-state index in [-0.39, 0.29) is 27.4 Å². The van der Waals surface area contributed by atoms with E-state index < -0.39 is 15.6 Å². The van der Waals surface area contributed by atoms with E-state index in [4.69, 9.17) is 0 Å². The molecule has 1 aliphatic carbocycles. The van der Waals surface area contributed by atoms with Crippen molar-refractivity contribution in [3.8, 4) is 0 Å². The van der Waals surface area contributed by atoms with E-state index in [2.05, 4.69) is 0 Å². The van der Waals surface area contributed by atoms with Gasteiger partial charge in [-0.2, -0.15) is 0 Å². The van der Waals surface area contributed by atoms with Gasteiger partial charge >= 0.3 is 0 Å². The summed E-state index contributed by atoms with van der Waals surface area (Å²) in [5.41, 5.74) is 0.701. The largest absolute Gasteiger partial charge is 0.289 e. The summed E-state index contributed by atoms with van der Waals surface area (Å²) in [5.74, 6) is -0.739. The van der Waals surface area contributed by atoms with Gasteiger partial charge in [0.2, 0.25) is 0 Å². The zero-order valence-electron chi connectivity index (χ0n) is 10.6. The second-order valence-corrected chi connectivity index (χ2v) is 6.64. The minimum Gasteiger partial charge on any atom is -0.289 e. The Morgan fingerprint density at radius 3 is 1.90 bits per heavy atom. The predicted molar refractivity (Wildman–Crippen MR) is 72.9 cm³/mol. The van der Waals surface area contributed by atoms with Crippen molar-refractivity contribution < 1.29 is 18.0 Å². The van der Waals surface area contributed by atoms with Gasteiger partial charge in [-0.05, 0) is 6.07 Å². The van der Waals surface area contributed by atoms with Gasteiger partial charge < -0.3 is 0 Å². The van der Waals surface area contributed by atoms with E-state index in [1.807, 2.05) is 0 Å². The number of benzene rings is 2. The van der Waals surface area contributed by atoms with E-state index >= 15 is 0 Å². The fourth-order valence-corrected chi connectivity index (χ4v) is 3.32. The lowest BCUT2D eigenvalue weighted by molar-refractivity contribution is 0.0976. The van der Waals surface area contributed by atoms with Crippen LogP contribution in [0.4, 0.5) is 0 Å². The first-order valence-corrected chi connectivity index (χ1v) is 7.82. The average Bonchev–Trinajstić information content (AvgIpc) is 2.43. The molecular weight excluding hydrogens is 276 g/mol. The molecule has 5 heteroatoms. The van der Waals surface area contributed by atoms with Crippen LogP contribution >= 0.6 is 0 Å². The SMILES string of the molecule is CS(=O)(=O)c1cccc2c1C(=O)c1ccccc1C2=O.